The minimum Gasteiger partial charge on any atom is -0.454 e. The van der Waals surface area contributed by atoms with E-state index in [-0.39, 0.29) is 43.2 Å². The third-order valence-electron chi connectivity index (χ3n) is 5.42. The van der Waals surface area contributed by atoms with Gasteiger partial charge in [0.25, 0.3) is 0 Å². The number of nitrogens with one attached hydrogen (secondary N) is 1. The lowest BCUT2D eigenvalue weighted by atomic mass is 10.1. The summed E-state index contributed by atoms with van der Waals surface area (Å²) in [6, 6.07) is 9.22. The number of carbonyl (C=O) groups excluding carboxylic acids is 2. The first kappa shape index (κ1) is 20.1. The Bertz CT molecular complexity index is 966. The van der Waals surface area contributed by atoms with Crippen LogP contribution in [0.3, 0.4) is 0 Å². The molecule has 1 saturated heterocycles. The number of likely N-dealkylation sites (tertiary alicyclic amines) is 1. The van der Waals surface area contributed by atoms with E-state index < -0.39 is 11.6 Å². The molecule has 2 aromatic rings. The fourth-order valence-electron chi connectivity index (χ4n) is 3.81. The maximum Gasteiger partial charge on any atom is 0.231 e. The number of nitrogens with zero attached hydrogens (tertiary/aromatic N) is 1. The van der Waals surface area contributed by atoms with Crippen LogP contribution < -0.4 is 14.8 Å². The number of hydrogen-bond acceptors (Lipinski definition) is 4. The Morgan fingerprint density at radius 1 is 1.17 bits per heavy atom. The molecule has 1 fully saturated rings. The standard InChI is InChI=1S/C22H22F2N2O4/c23-17-3-1-2-15(22(17)24)12-26-16(5-7-21(26)28)11-20(27)25-9-8-14-4-6-18-19(10-14)30-13-29-18/h1-4,6,10,16H,5,7-9,11-13H2,(H,25,27). The summed E-state index contributed by atoms with van der Waals surface area (Å²) in [5.74, 6) is -0.829. The molecule has 1 N–H and O–H groups in total. The van der Waals surface area contributed by atoms with Gasteiger partial charge in [0.05, 0.1) is 0 Å². The summed E-state index contributed by atoms with van der Waals surface area (Å²) in [6.07, 6.45) is 1.57. The average molecular weight is 416 g/mol. The van der Waals surface area contributed by atoms with Crippen LogP contribution in [0.2, 0.25) is 0 Å². The molecule has 0 spiro atoms. The molecule has 2 aliphatic heterocycles. The Morgan fingerprint density at radius 2 is 2.00 bits per heavy atom. The summed E-state index contributed by atoms with van der Waals surface area (Å²) in [4.78, 5) is 26.1. The first-order valence-electron chi connectivity index (χ1n) is 9.89. The van der Waals surface area contributed by atoms with Gasteiger partial charge in [-0.1, -0.05) is 18.2 Å². The summed E-state index contributed by atoms with van der Waals surface area (Å²) in [5.41, 5.74) is 1.12. The van der Waals surface area contributed by atoms with E-state index in [0.29, 0.717) is 37.3 Å². The molecule has 2 aromatic carbocycles. The second-order valence-electron chi connectivity index (χ2n) is 7.42. The van der Waals surface area contributed by atoms with Crippen molar-refractivity contribution in [2.75, 3.05) is 13.3 Å². The van der Waals surface area contributed by atoms with Gasteiger partial charge in [0.2, 0.25) is 18.6 Å². The van der Waals surface area contributed by atoms with Gasteiger partial charge in [-0.25, -0.2) is 8.78 Å². The second-order valence-corrected chi connectivity index (χ2v) is 7.42. The number of amides is 2. The Kier molecular flexibility index (Phi) is 5.83. The minimum atomic E-state index is -0.955. The number of ether oxygens (including phenoxy) is 2. The number of halogens is 2. The molecule has 1 unspecified atom stereocenters. The topological polar surface area (TPSA) is 67.9 Å². The molecule has 0 aliphatic carbocycles. The number of hydrogen-bond donors (Lipinski definition) is 1. The zero-order valence-corrected chi connectivity index (χ0v) is 16.3. The summed E-state index contributed by atoms with van der Waals surface area (Å²) in [6.45, 7) is 0.612. The van der Waals surface area contributed by atoms with Gasteiger partial charge in [0, 0.05) is 37.5 Å². The highest BCUT2D eigenvalue weighted by Crippen LogP contribution is 2.32. The van der Waals surface area contributed by atoms with Gasteiger partial charge in [0.1, 0.15) is 0 Å². The summed E-state index contributed by atoms with van der Waals surface area (Å²) in [5, 5.41) is 2.86. The van der Waals surface area contributed by atoms with Crippen LogP contribution in [0.5, 0.6) is 11.5 Å². The molecule has 158 valence electrons. The van der Waals surface area contributed by atoms with Gasteiger partial charge in [0.15, 0.2) is 23.1 Å². The quantitative estimate of drug-likeness (QED) is 0.754. The normalized spacial score (nSPS) is 17.5. The number of carbonyl (C=O) groups is 2. The molecular weight excluding hydrogens is 394 g/mol. The number of benzene rings is 2. The molecule has 0 bridgehead atoms. The van der Waals surface area contributed by atoms with Crippen molar-refractivity contribution in [3.8, 4) is 11.5 Å². The van der Waals surface area contributed by atoms with Crippen LogP contribution in [-0.4, -0.2) is 36.1 Å². The smallest absolute Gasteiger partial charge is 0.231 e. The third kappa shape index (κ3) is 4.37. The van der Waals surface area contributed by atoms with Gasteiger partial charge in [-0.05, 0) is 36.6 Å². The molecule has 4 rings (SSSR count). The lowest BCUT2D eigenvalue weighted by Gasteiger charge is -2.25. The van der Waals surface area contributed by atoms with Gasteiger partial charge in [-0.2, -0.15) is 0 Å². The lowest BCUT2D eigenvalue weighted by molar-refractivity contribution is -0.130. The molecule has 0 aromatic heterocycles. The fourth-order valence-corrected chi connectivity index (χ4v) is 3.81. The van der Waals surface area contributed by atoms with E-state index in [0.717, 1.165) is 11.6 Å². The SMILES string of the molecule is O=C(CC1CCC(=O)N1Cc1cccc(F)c1F)NCCc1ccc2c(c1)OCO2. The predicted molar refractivity (Wildman–Crippen MR) is 104 cm³/mol. The van der Waals surface area contributed by atoms with Crippen LogP contribution in [-0.2, 0) is 22.6 Å². The molecule has 1 atom stereocenters. The van der Waals surface area contributed by atoms with Gasteiger partial charge < -0.3 is 19.7 Å². The summed E-state index contributed by atoms with van der Waals surface area (Å²) < 4.78 is 38.0. The van der Waals surface area contributed by atoms with E-state index in [2.05, 4.69) is 5.32 Å². The van der Waals surface area contributed by atoms with Crippen LogP contribution in [0, 0.1) is 11.6 Å². The Labute approximate surface area is 172 Å². The highest BCUT2D eigenvalue weighted by molar-refractivity contribution is 5.82. The molecule has 30 heavy (non-hydrogen) atoms. The van der Waals surface area contributed by atoms with Crippen molar-refractivity contribution < 1.29 is 27.8 Å². The predicted octanol–water partition coefficient (Wildman–Crippen LogP) is 2.93. The van der Waals surface area contributed by atoms with E-state index in [1.807, 2.05) is 18.2 Å². The molecule has 8 heteroatoms. The zero-order valence-electron chi connectivity index (χ0n) is 16.3. The van der Waals surface area contributed by atoms with Crippen molar-refractivity contribution in [3.63, 3.8) is 0 Å². The number of rotatable bonds is 7. The fraction of sp³-hybridized carbons (Fsp3) is 0.364. The highest BCUT2D eigenvalue weighted by Gasteiger charge is 2.33. The number of fused-ring (bicyclic) bond motifs is 1. The first-order valence-corrected chi connectivity index (χ1v) is 9.89. The minimum absolute atomic E-state index is 0.0441. The largest absolute Gasteiger partial charge is 0.454 e. The van der Waals surface area contributed by atoms with E-state index in [4.69, 9.17) is 9.47 Å². The molecular formula is C22H22F2N2O4. The van der Waals surface area contributed by atoms with Crippen molar-refractivity contribution in [1.82, 2.24) is 10.2 Å². The molecule has 2 amide bonds. The molecule has 2 aliphatic rings. The van der Waals surface area contributed by atoms with Crippen LogP contribution >= 0.6 is 0 Å². The molecule has 0 radical (unpaired) electrons. The van der Waals surface area contributed by atoms with Crippen molar-refractivity contribution in [2.24, 2.45) is 0 Å². The van der Waals surface area contributed by atoms with Crippen molar-refractivity contribution in [1.29, 1.82) is 0 Å². The first-order chi connectivity index (χ1) is 14.5. The van der Waals surface area contributed by atoms with Gasteiger partial charge in [-0.3, -0.25) is 9.59 Å². The molecule has 0 saturated carbocycles. The molecule has 6 nitrogen and oxygen atoms in total. The van der Waals surface area contributed by atoms with Gasteiger partial charge in [-0.15, -0.1) is 0 Å². The maximum absolute atomic E-state index is 14.0. The Hall–Kier alpha value is -3.16. The Morgan fingerprint density at radius 3 is 2.87 bits per heavy atom. The van der Waals surface area contributed by atoms with E-state index >= 15 is 0 Å². The lowest BCUT2D eigenvalue weighted by Crippen LogP contribution is -2.37. The van der Waals surface area contributed by atoms with Crippen molar-refractivity contribution in [3.05, 3.63) is 59.2 Å². The van der Waals surface area contributed by atoms with E-state index in [1.165, 1.54) is 17.0 Å². The third-order valence-corrected chi connectivity index (χ3v) is 5.42. The molecule has 2 heterocycles. The average Bonchev–Trinajstić information content (AvgIpc) is 3.32. The van der Waals surface area contributed by atoms with E-state index in [1.54, 1.807) is 0 Å². The summed E-state index contributed by atoms with van der Waals surface area (Å²) >= 11 is 0. The van der Waals surface area contributed by atoms with Crippen LogP contribution in [0.15, 0.2) is 36.4 Å². The van der Waals surface area contributed by atoms with Gasteiger partial charge >= 0.3 is 0 Å². The Balaban J connectivity index is 1.29. The highest BCUT2D eigenvalue weighted by atomic mass is 19.2. The maximum atomic E-state index is 14.0. The second kappa shape index (κ2) is 8.69. The van der Waals surface area contributed by atoms with Crippen molar-refractivity contribution >= 4 is 11.8 Å². The van der Waals surface area contributed by atoms with E-state index in [9.17, 15) is 18.4 Å². The van der Waals surface area contributed by atoms with Crippen molar-refractivity contribution in [2.45, 2.75) is 38.3 Å². The summed E-state index contributed by atoms with van der Waals surface area (Å²) in [7, 11) is 0. The zero-order chi connectivity index (χ0) is 21.1. The monoisotopic (exact) mass is 416 g/mol. The van der Waals surface area contributed by atoms with Crippen LogP contribution in [0.1, 0.15) is 30.4 Å². The van der Waals surface area contributed by atoms with Crippen LogP contribution in [0.25, 0.3) is 0 Å². The van der Waals surface area contributed by atoms with Crippen LogP contribution in [0.4, 0.5) is 8.78 Å².